The minimum Gasteiger partial charge on any atom is -0.368 e. The Morgan fingerprint density at radius 2 is 1.71 bits per heavy atom. The van der Waals surface area contributed by atoms with E-state index in [1.54, 1.807) is 29.7 Å². The number of nitrogens with two attached hydrogens (primary N) is 1. The van der Waals surface area contributed by atoms with Crippen molar-refractivity contribution in [3.8, 4) is 10.4 Å². The highest BCUT2D eigenvalue weighted by atomic mass is 32.1. The standard InChI is InChI=1S/C29H31N7OS/c30-28(37)21-8-9-22-24-17-33-13-10-23(24)29(36-25(22)16-21)34-15-14-31-11-4-5-12-32-19-27-35-18-26(38-27)20-6-2-1-3-7-20/h1-3,6-10,13,16-18,31-32H,4-5,11-12,14-15,19H2,(H2,30,37)(H,34,36). The van der Waals surface area contributed by atoms with Crippen molar-refractivity contribution in [1.82, 2.24) is 25.6 Å². The number of carbonyl (C=O) groups is 1. The van der Waals surface area contributed by atoms with Gasteiger partial charge in [-0.25, -0.2) is 9.97 Å². The number of nitrogens with one attached hydrogen (secondary N) is 3. The number of thiazole rings is 1. The normalized spacial score (nSPS) is 11.3. The van der Waals surface area contributed by atoms with E-state index in [0.29, 0.717) is 5.56 Å². The summed E-state index contributed by atoms with van der Waals surface area (Å²) in [5.41, 5.74) is 7.84. The maximum absolute atomic E-state index is 11.6. The number of hydrogen-bond donors (Lipinski definition) is 4. The molecule has 3 aromatic heterocycles. The Hall–Kier alpha value is -3.92. The highest BCUT2D eigenvalue weighted by Crippen LogP contribution is 2.29. The number of rotatable bonds is 13. The van der Waals surface area contributed by atoms with Crippen molar-refractivity contribution < 1.29 is 4.79 Å². The van der Waals surface area contributed by atoms with Crippen molar-refractivity contribution in [2.45, 2.75) is 19.4 Å². The van der Waals surface area contributed by atoms with Crippen LogP contribution in [0.25, 0.3) is 32.1 Å². The third kappa shape index (κ3) is 6.31. The number of primary amides is 1. The van der Waals surface area contributed by atoms with E-state index in [1.807, 2.05) is 30.6 Å². The van der Waals surface area contributed by atoms with Gasteiger partial charge >= 0.3 is 0 Å². The number of unbranched alkanes of at least 4 members (excludes halogenated alkanes) is 1. The van der Waals surface area contributed by atoms with Crippen molar-refractivity contribution in [3.05, 3.63) is 83.8 Å². The summed E-state index contributed by atoms with van der Waals surface area (Å²) in [4.78, 5) is 26.4. The summed E-state index contributed by atoms with van der Waals surface area (Å²) in [6.45, 7) is 4.28. The average molecular weight is 526 g/mol. The summed E-state index contributed by atoms with van der Waals surface area (Å²) in [5, 5.41) is 14.5. The van der Waals surface area contributed by atoms with Crippen LogP contribution in [0.15, 0.2) is 73.2 Å². The van der Waals surface area contributed by atoms with Crippen LogP contribution in [0, 0.1) is 0 Å². The summed E-state index contributed by atoms with van der Waals surface area (Å²) >= 11 is 1.74. The largest absolute Gasteiger partial charge is 0.368 e. The number of carbonyl (C=O) groups excluding carboxylic acids is 1. The van der Waals surface area contributed by atoms with Gasteiger partial charge in [-0.3, -0.25) is 9.78 Å². The van der Waals surface area contributed by atoms with E-state index in [1.165, 1.54) is 10.4 Å². The molecule has 9 heteroatoms. The molecule has 0 bridgehead atoms. The van der Waals surface area contributed by atoms with E-state index in [0.717, 1.165) is 78.1 Å². The number of pyridine rings is 2. The fourth-order valence-corrected chi connectivity index (χ4v) is 5.25. The van der Waals surface area contributed by atoms with E-state index < -0.39 is 5.91 Å². The van der Waals surface area contributed by atoms with Gasteiger partial charge in [0.05, 0.1) is 10.4 Å². The molecule has 0 saturated heterocycles. The lowest BCUT2D eigenvalue weighted by molar-refractivity contribution is 0.100. The number of amides is 1. The lowest BCUT2D eigenvalue weighted by Crippen LogP contribution is -2.24. The van der Waals surface area contributed by atoms with Crippen LogP contribution >= 0.6 is 11.3 Å². The van der Waals surface area contributed by atoms with Crippen molar-refractivity contribution in [1.29, 1.82) is 0 Å². The first kappa shape index (κ1) is 25.7. The van der Waals surface area contributed by atoms with Gasteiger partial charge in [-0.05, 0) is 49.7 Å². The van der Waals surface area contributed by atoms with Crippen molar-refractivity contribution in [3.63, 3.8) is 0 Å². The van der Waals surface area contributed by atoms with Gasteiger partial charge in [-0.1, -0.05) is 36.4 Å². The molecule has 0 atom stereocenters. The quantitative estimate of drug-likeness (QED) is 0.131. The van der Waals surface area contributed by atoms with Crippen LogP contribution in [-0.4, -0.2) is 47.0 Å². The molecule has 8 nitrogen and oxygen atoms in total. The molecule has 1 amide bonds. The van der Waals surface area contributed by atoms with Crippen molar-refractivity contribution in [2.24, 2.45) is 5.73 Å². The van der Waals surface area contributed by atoms with Gasteiger partial charge in [0.2, 0.25) is 5.91 Å². The predicted octanol–water partition coefficient (Wildman–Crippen LogP) is 4.58. The minimum absolute atomic E-state index is 0.443. The van der Waals surface area contributed by atoms with Crippen LogP contribution in [-0.2, 0) is 6.54 Å². The molecule has 0 unspecified atom stereocenters. The van der Waals surface area contributed by atoms with Crippen LogP contribution in [0.5, 0.6) is 0 Å². The second kappa shape index (κ2) is 12.6. The highest BCUT2D eigenvalue weighted by molar-refractivity contribution is 7.15. The van der Waals surface area contributed by atoms with Crippen LogP contribution in [0.2, 0.25) is 0 Å². The molecule has 5 rings (SSSR count). The molecule has 0 radical (unpaired) electrons. The molecule has 0 spiro atoms. The van der Waals surface area contributed by atoms with E-state index in [9.17, 15) is 4.79 Å². The number of benzene rings is 2. The molecule has 0 saturated carbocycles. The van der Waals surface area contributed by atoms with Gasteiger partial charge in [0.1, 0.15) is 10.8 Å². The number of nitrogens with zero attached hydrogens (tertiary/aromatic N) is 3. The van der Waals surface area contributed by atoms with Crippen LogP contribution < -0.4 is 21.7 Å². The van der Waals surface area contributed by atoms with Gasteiger partial charge in [0, 0.05) is 59.9 Å². The highest BCUT2D eigenvalue weighted by Gasteiger charge is 2.10. The third-order valence-electron chi connectivity index (χ3n) is 6.32. The topological polar surface area (TPSA) is 118 Å². The number of fused-ring (bicyclic) bond motifs is 3. The van der Waals surface area contributed by atoms with E-state index in [4.69, 9.17) is 10.7 Å². The first-order valence-corrected chi connectivity index (χ1v) is 13.6. The van der Waals surface area contributed by atoms with E-state index in [2.05, 4.69) is 50.2 Å². The molecule has 0 aliphatic rings. The van der Waals surface area contributed by atoms with Gasteiger partial charge in [0.25, 0.3) is 0 Å². The summed E-state index contributed by atoms with van der Waals surface area (Å²) in [6, 6.07) is 17.7. The first-order chi connectivity index (χ1) is 18.7. The van der Waals surface area contributed by atoms with E-state index in [-0.39, 0.29) is 0 Å². The molecule has 3 heterocycles. The summed E-state index contributed by atoms with van der Waals surface area (Å²) in [7, 11) is 0. The van der Waals surface area contributed by atoms with Gasteiger partial charge in [0.15, 0.2) is 0 Å². The summed E-state index contributed by atoms with van der Waals surface area (Å²) in [5.74, 6) is 0.314. The second-order valence-electron chi connectivity index (χ2n) is 9.02. The number of aromatic nitrogens is 3. The zero-order valence-corrected chi connectivity index (χ0v) is 21.9. The zero-order chi connectivity index (χ0) is 26.2. The minimum atomic E-state index is -0.464. The maximum atomic E-state index is 11.6. The molecule has 0 aliphatic carbocycles. The molecule has 2 aromatic carbocycles. The zero-order valence-electron chi connectivity index (χ0n) is 21.1. The fourth-order valence-electron chi connectivity index (χ4n) is 4.35. The molecule has 194 valence electrons. The molecule has 38 heavy (non-hydrogen) atoms. The molecule has 5 N–H and O–H groups in total. The van der Waals surface area contributed by atoms with Crippen molar-refractivity contribution in [2.75, 3.05) is 31.5 Å². The molecular weight excluding hydrogens is 494 g/mol. The average Bonchev–Trinajstić information content (AvgIpc) is 3.43. The predicted molar refractivity (Wildman–Crippen MR) is 155 cm³/mol. The molecule has 0 aliphatic heterocycles. The number of hydrogen-bond acceptors (Lipinski definition) is 8. The van der Waals surface area contributed by atoms with Crippen LogP contribution in [0.1, 0.15) is 28.2 Å². The third-order valence-corrected chi connectivity index (χ3v) is 7.37. The Bertz CT molecular complexity index is 1520. The maximum Gasteiger partial charge on any atom is 0.248 e. The Balaban J connectivity index is 1.02. The van der Waals surface area contributed by atoms with Crippen LogP contribution in [0.3, 0.4) is 0 Å². The van der Waals surface area contributed by atoms with Gasteiger partial charge < -0.3 is 21.7 Å². The van der Waals surface area contributed by atoms with Crippen molar-refractivity contribution >= 4 is 44.7 Å². The Morgan fingerprint density at radius 1 is 0.868 bits per heavy atom. The van der Waals surface area contributed by atoms with E-state index >= 15 is 0 Å². The smallest absolute Gasteiger partial charge is 0.248 e. The molecular formula is C29H31N7OS. The summed E-state index contributed by atoms with van der Waals surface area (Å²) < 4.78 is 0. The Labute approximate surface area is 225 Å². The first-order valence-electron chi connectivity index (χ1n) is 12.8. The van der Waals surface area contributed by atoms with Gasteiger partial charge in [-0.2, -0.15) is 0 Å². The number of anilines is 1. The molecule has 5 aromatic rings. The second-order valence-corrected chi connectivity index (χ2v) is 10.1. The monoisotopic (exact) mass is 525 g/mol. The Morgan fingerprint density at radius 3 is 2.55 bits per heavy atom. The lowest BCUT2D eigenvalue weighted by atomic mass is 10.1. The SMILES string of the molecule is NC(=O)c1ccc2c(c1)nc(NCCNCCCCNCc1ncc(-c3ccccc3)s1)c1ccncc12. The Kier molecular flexibility index (Phi) is 8.49. The fraction of sp³-hybridized carbons (Fsp3) is 0.241. The lowest BCUT2D eigenvalue weighted by Gasteiger charge is -2.12. The van der Waals surface area contributed by atoms with Crippen LogP contribution in [0.4, 0.5) is 5.82 Å². The molecule has 0 fully saturated rings. The van der Waals surface area contributed by atoms with Gasteiger partial charge in [-0.15, -0.1) is 11.3 Å². The summed E-state index contributed by atoms with van der Waals surface area (Å²) in [6.07, 6.45) is 7.75.